The van der Waals surface area contributed by atoms with Crippen LogP contribution in [0.5, 0.6) is 0 Å². The molecule has 1 atom stereocenters. The van der Waals surface area contributed by atoms with Gasteiger partial charge < -0.3 is 10.1 Å². The molecule has 0 spiro atoms. The molecule has 30 heavy (non-hydrogen) atoms. The number of nitrogens with one attached hydrogen (secondary N) is 1. The number of rotatable bonds is 8. The van der Waals surface area contributed by atoms with Gasteiger partial charge in [0.15, 0.2) is 0 Å². The Balaban J connectivity index is 1.66. The van der Waals surface area contributed by atoms with E-state index in [9.17, 15) is 14.4 Å². The van der Waals surface area contributed by atoms with Gasteiger partial charge in [-0.15, -0.1) is 11.8 Å². The molecule has 0 saturated carbocycles. The molecule has 2 aromatic carbocycles. The van der Waals surface area contributed by atoms with Gasteiger partial charge in [-0.3, -0.25) is 19.3 Å². The second kappa shape index (κ2) is 10.3. The first-order valence-electron chi connectivity index (χ1n) is 10.1. The summed E-state index contributed by atoms with van der Waals surface area (Å²) in [6.45, 7) is 4.14. The standard InChI is InChI=1S/C23H26N2O4S/c1-3-16-6-5-7-19(14-16)25-21(27)15-30-23(25)17-8-10-18(11-9-17)24-20(26)12-13-22(28)29-4-2/h5-11,14,23H,3-4,12-13,15H2,1-2H3,(H,24,26). The Hall–Kier alpha value is -2.80. The minimum absolute atomic E-state index is 0.0599. The molecule has 7 heteroatoms. The van der Waals surface area contributed by atoms with E-state index >= 15 is 0 Å². The first-order chi connectivity index (χ1) is 14.5. The van der Waals surface area contributed by atoms with Crippen LogP contribution in [0.25, 0.3) is 0 Å². The molecule has 3 rings (SSSR count). The number of esters is 1. The SMILES string of the molecule is CCOC(=O)CCC(=O)Nc1ccc(C2SCC(=O)N2c2cccc(CC)c2)cc1. The second-order valence-electron chi connectivity index (χ2n) is 6.93. The molecule has 2 amide bonds. The topological polar surface area (TPSA) is 75.7 Å². The van der Waals surface area contributed by atoms with E-state index in [2.05, 4.69) is 24.4 Å². The van der Waals surface area contributed by atoms with Gasteiger partial charge in [-0.2, -0.15) is 0 Å². The minimum atomic E-state index is -0.377. The van der Waals surface area contributed by atoms with E-state index in [1.807, 2.05) is 41.3 Å². The number of amides is 2. The van der Waals surface area contributed by atoms with Crippen molar-refractivity contribution < 1.29 is 19.1 Å². The molecule has 1 heterocycles. The summed E-state index contributed by atoms with van der Waals surface area (Å²) in [5.41, 5.74) is 3.75. The van der Waals surface area contributed by atoms with Crippen LogP contribution in [-0.2, 0) is 25.5 Å². The Labute approximate surface area is 181 Å². The third-order valence-corrected chi connectivity index (χ3v) is 6.02. The lowest BCUT2D eigenvalue weighted by atomic mass is 10.1. The molecule has 0 aliphatic carbocycles. The van der Waals surface area contributed by atoms with Gasteiger partial charge in [0.05, 0.1) is 18.8 Å². The van der Waals surface area contributed by atoms with Crippen LogP contribution in [0.15, 0.2) is 48.5 Å². The number of hydrogen-bond acceptors (Lipinski definition) is 5. The largest absolute Gasteiger partial charge is 0.466 e. The molecule has 1 aliphatic rings. The highest BCUT2D eigenvalue weighted by atomic mass is 32.2. The zero-order chi connectivity index (χ0) is 21.5. The van der Waals surface area contributed by atoms with Gasteiger partial charge in [0.25, 0.3) is 0 Å². The van der Waals surface area contributed by atoms with Crippen molar-refractivity contribution in [3.63, 3.8) is 0 Å². The first-order valence-corrected chi connectivity index (χ1v) is 11.1. The summed E-state index contributed by atoms with van der Waals surface area (Å²) in [6.07, 6.45) is 1.05. The van der Waals surface area contributed by atoms with Crippen LogP contribution in [0, 0.1) is 0 Å². The van der Waals surface area contributed by atoms with Crippen LogP contribution in [0.3, 0.4) is 0 Å². The average Bonchev–Trinajstić information content (AvgIpc) is 3.14. The van der Waals surface area contributed by atoms with Crippen LogP contribution in [0.4, 0.5) is 11.4 Å². The summed E-state index contributed by atoms with van der Waals surface area (Å²) < 4.78 is 4.83. The monoisotopic (exact) mass is 426 g/mol. The predicted octanol–water partition coefficient (Wildman–Crippen LogP) is 4.31. The maximum atomic E-state index is 12.6. The number of benzene rings is 2. The van der Waals surface area contributed by atoms with E-state index in [0.717, 1.165) is 17.7 Å². The van der Waals surface area contributed by atoms with Crippen molar-refractivity contribution >= 4 is 40.9 Å². The summed E-state index contributed by atoms with van der Waals surface area (Å²) >= 11 is 1.59. The number of nitrogens with zero attached hydrogens (tertiary/aromatic N) is 1. The van der Waals surface area contributed by atoms with Gasteiger partial charge in [0, 0.05) is 17.8 Å². The lowest BCUT2D eigenvalue weighted by molar-refractivity contribution is -0.144. The third-order valence-electron chi connectivity index (χ3n) is 4.81. The zero-order valence-corrected chi connectivity index (χ0v) is 18.0. The molecule has 0 aromatic heterocycles. The van der Waals surface area contributed by atoms with Crippen molar-refractivity contribution in [2.24, 2.45) is 0 Å². The maximum absolute atomic E-state index is 12.6. The number of carbonyl (C=O) groups is 3. The highest BCUT2D eigenvalue weighted by Crippen LogP contribution is 2.42. The molecular formula is C23H26N2O4S. The summed E-state index contributed by atoms with van der Waals surface area (Å²) in [4.78, 5) is 37.8. The van der Waals surface area contributed by atoms with Crippen LogP contribution < -0.4 is 10.2 Å². The Kier molecular flexibility index (Phi) is 7.52. The van der Waals surface area contributed by atoms with Crippen molar-refractivity contribution in [2.45, 2.75) is 38.5 Å². The Morgan fingerprint density at radius 3 is 2.60 bits per heavy atom. The summed E-state index contributed by atoms with van der Waals surface area (Å²) in [7, 11) is 0. The molecule has 1 fully saturated rings. The number of anilines is 2. The van der Waals surface area contributed by atoms with E-state index in [4.69, 9.17) is 4.74 Å². The van der Waals surface area contributed by atoms with Crippen molar-refractivity contribution in [1.82, 2.24) is 0 Å². The maximum Gasteiger partial charge on any atom is 0.306 e. The fraction of sp³-hybridized carbons (Fsp3) is 0.348. The summed E-state index contributed by atoms with van der Waals surface area (Å²) in [6, 6.07) is 15.6. The van der Waals surface area contributed by atoms with Gasteiger partial charge in [-0.25, -0.2) is 0 Å². The number of thioether (sulfide) groups is 1. The third kappa shape index (κ3) is 5.42. The molecular weight excluding hydrogens is 400 g/mol. The van der Waals surface area contributed by atoms with Crippen LogP contribution in [0.1, 0.15) is 43.2 Å². The van der Waals surface area contributed by atoms with Crippen molar-refractivity contribution in [3.05, 3.63) is 59.7 Å². The van der Waals surface area contributed by atoms with E-state index < -0.39 is 0 Å². The quantitative estimate of drug-likeness (QED) is 0.637. The Morgan fingerprint density at radius 2 is 1.90 bits per heavy atom. The molecule has 0 bridgehead atoms. The van der Waals surface area contributed by atoms with E-state index in [-0.39, 0.29) is 36.0 Å². The fourth-order valence-corrected chi connectivity index (χ4v) is 4.46. The van der Waals surface area contributed by atoms with Gasteiger partial charge >= 0.3 is 5.97 Å². The summed E-state index contributed by atoms with van der Waals surface area (Å²) in [5.74, 6) is -0.0834. The Bertz CT molecular complexity index is 914. The molecule has 1 saturated heterocycles. The van der Waals surface area contributed by atoms with Crippen LogP contribution in [0.2, 0.25) is 0 Å². The predicted molar refractivity (Wildman–Crippen MR) is 119 cm³/mol. The van der Waals surface area contributed by atoms with Crippen molar-refractivity contribution in [2.75, 3.05) is 22.6 Å². The van der Waals surface area contributed by atoms with Gasteiger partial charge in [-0.05, 0) is 48.7 Å². The van der Waals surface area contributed by atoms with E-state index in [0.29, 0.717) is 18.0 Å². The van der Waals surface area contributed by atoms with Gasteiger partial charge in [0.2, 0.25) is 11.8 Å². The molecule has 6 nitrogen and oxygen atoms in total. The van der Waals surface area contributed by atoms with Crippen LogP contribution >= 0.6 is 11.8 Å². The molecule has 1 unspecified atom stereocenters. The molecule has 158 valence electrons. The molecule has 2 aromatic rings. The lowest BCUT2D eigenvalue weighted by Gasteiger charge is -2.25. The number of ether oxygens (including phenoxy) is 1. The van der Waals surface area contributed by atoms with Crippen LogP contribution in [-0.4, -0.2) is 30.1 Å². The highest BCUT2D eigenvalue weighted by Gasteiger charge is 2.34. The number of hydrogen-bond donors (Lipinski definition) is 1. The molecule has 0 radical (unpaired) electrons. The highest BCUT2D eigenvalue weighted by molar-refractivity contribution is 8.00. The van der Waals surface area contributed by atoms with Crippen molar-refractivity contribution in [1.29, 1.82) is 0 Å². The first kappa shape index (κ1) is 21.9. The Morgan fingerprint density at radius 1 is 1.13 bits per heavy atom. The second-order valence-corrected chi connectivity index (χ2v) is 7.99. The molecule has 1 N–H and O–H groups in total. The zero-order valence-electron chi connectivity index (χ0n) is 17.2. The fourth-order valence-electron chi connectivity index (χ4n) is 3.28. The summed E-state index contributed by atoms with van der Waals surface area (Å²) in [5, 5.41) is 2.69. The van der Waals surface area contributed by atoms with E-state index in [1.165, 1.54) is 5.56 Å². The number of carbonyl (C=O) groups excluding carboxylic acids is 3. The van der Waals surface area contributed by atoms with Gasteiger partial charge in [-0.1, -0.05) is 31.2 Å². The van der Waals surface area contributed by atoms with E-state index in [1.54, 1.807) is 18.7 Å². The average molecular weight is 427 g/mol. The van der Waals surface area contributed by atoms with Crippen molar-refractivity contribution in [3.8, 4) is 0 Å². The number of aryl methyl sites for hydroxylation is 1. The van der Waals surface area contributed by atoms with Gasteiger partial charge in [0.1, 0.15) is 5.37 Å². The smallest absolute Gasteiger partial charge is 0.306 e. The lowest BCUT2D eigenvalue weighted by Crippen LogP contribution is -2.27. The molecule has 1 aliphatic heterocycles. The normalized spacial score (nSPS) is 15.9. The minimum Gasteiger partial charge on any atom is -0.466 e.